The van der Waals surface area contributed by atoms with E-state index in [1.165, 1.54) is 32.2 Å². The third-order valence-electron chi connectivity index (χ3n) is 4.89. The molecule has 1 atom stereocenters. The monoisotopic (exact) mass is 465 g/mol. The van der Waals surface area contributed by atoms with E-state index < -0.39 is 0 Å². The molecule has 0 radical (unpaired) electrons. The zero-order valence-corrected chi connectivity index (χ0v) is 18.2. The average Bonchev–Trinajstić information content (AvgIpc) is 3.44. The van der Waals surface area contributed by atoms with Crippen molar-refractivity contribution >= 4 is 35.8 Å². The Morgan fingerprint density at radius 1 is 1.08 bits per heavy atom. The van der Waals surface area contributed by atoms with Crippen LogP contribution in [-0.2, 0) is 4.79 Å². The fourth-order valence-corrected chi connectivity index (χ4v) is 3.31. The van der Waals surface area contributed by atoms with Gasteiger partial charge in [-0.2, -0.15) is 0 Å². The molecule has 1 unspecified atom stereocenters. The van der Waals surface area contributed by atoms with E-state index in [0.29, 0.717) is 13.1 Å². The Morgan fingerprint density at radius 3 is 2.52 bits per heavy atom. The normalized spacial score (nSPS) is 21.4. The van der Waals surface area contributed by atoms with Crippen molar-refractivity contribution < 1.29 is 4.79 Å². The summed E-state index contributed by atoms with van der Waals surface area (Å²) >= 11 is 0. The number of hydrogen-bond donors (Lipinski definition) is 3. The van der Waals surface area contributed by atoms with Gasteiger partial charge in [0.1, 0.15) is 0 Å². The molecular formula is C18H36IN5O. The molecule has 25 heavy (non-hydrogen) atoms. The first-order chi connectivity index (χ1) is 11.7. The number of aliphatic imine (C=N–C) groups is 1. The van der Waals surface area contributed by atoms with Gasteiger partial charge in [0.25, 0.3) is 0 Å². The molecule has 2 rings (SSSR count). The molecule has 1 saturated carbocycles. The van der Waals surface area contributed by atoms with Crippen LogP contribution in [0.2, 0.25) is 0 Å². The smallest absolute Gasteiger partial charge is 0.223 e. The van der Waals surface area contributed by atoms with Crippen LogP contribution in [0, 0.1) is 5.92 Å². The lowest BCUT2D eigenvalue weighted by Crippen LogP contribution is -2.43. The van der Waals surface area contributed by atoms with Crippen molar-refractivity contribution in [3.63, 3.8) is 0 Å². The summed E-state index contributed by atoms with van der Waals surface area (Å²) in [6.45, 7) is 9.65. The molecule has 0 aromatic carbocycles. The maximum atomic E-state index is 11.6. The van der Waals surface area contributed by atoms with Crippen LogP contribution < -0.4 is 16.0 Å². The van der Waals surface area contributed by atoms with Crippen LogP contribution in [0.15, 0.2) is 4.99 Å². The van der Waals surface area contributed by atoms with Crippen LogP contribution in [0.4, 0.5) is 0 Å². The molecule has 1 amide bonds. The maximum Gasteiger partial charge on any atom is 0.223 e. The second-order valence-electron chi connectivity index (χ2n) is 6.85. The molecule has 0 bridgehead atoms. The number of piperidine rings is 1. The number of halogens is 1. The van der Waals surface area contributed by atoms with E-state index in [1.54, 1.807) is 0 Å². The molecule has 146 valence electrons. The number of carbonyl (C=O) groups excluding carboxylic acids is 1. The highest BCUT2D eigenvalue weighted by atomic mass is 127. The summed E-state index contributed by atoms with van der Waals surface area (Å²) in [6.07, 6.45) is 7.37. The lowest BCUT2D eigenvalue weighted by molar-refractivity contribution is -0.122. The molecule has 0 spiro atoms. The van der Waals surface area contributed by atoms with E-state index >= 15 is 0 Å². The molecule has 1 saturated heterocycles. The Morgan fingerprint density at radius 2 is 1.84 bits per heavy atom. The number of amides is 1. The number of likely N-dealkylation sites (tertiary alicyclic amines) is 1. The number of hydrogen-bond acceptors (Lipinski definition) is 3. The van der Waals surface area contributed by atoms with Gasteiger partial charge in [-0.05, 0) is 45.6 Å². The topological polar surface area (TPSA) is 68.8 Å². The Bertz CT molecular complexity index is 414. The van der Waals surface area contributed by atoms with Crippen molar-refractivity contribution in [1.29, 1.82) is 0 Å². The lowest BCUT2D eigenvalue weighted by Gasteiger charge is -2.34. The van der Waals surface area contributed by atoms with E-state index in [-0.39, 0.29) is 35.8 Å². The van der Waals surface area contributed by atoms with Gasteiger partial charge in [0.05, 0.1) is 6.54 Å². The SMILES string of the molecule is CCNC(=NCCN1CCCCC1CC)NCCNC(=O)C1CC1.I. The molecule has 3 N–H and O–H groups in total. The van der Waals surface area contributed by atoms with Gasteiger partial charge in [0.15, 0.2) is 5.96 Å². The second-order valence-corrected chi connectivity index (χ2v) is 6.85. The Hall–Kier alpha value is -0.570. The number of nitrogens with one attached hydrogen (secondary N) is 3. The van der Waals surface area contributed by atoms with E-state index in [4.69, 9.17) is 0 Å². The fraction of sp³-hybridized carbons (Fsp3) is 0.889. The quantitative estimate of drug-likeness (QED) is 0.211. The summed E-state index contributed by atoms with van der Waals surface area (Å²) in [4.78, 5) is 18.9. The van der Waals surface area contributed by atoms with Crippen molar-refractivity contribution in [3.8, 4) is 0 Å². The van der Waals surface area contributed by atoms with Crippen LogP contribution in [0.1, 0.15) is 52.4 Å². The predicted octanol–water partition coefficient (Wildman–Crippen LogP) is 1.95. The lowest BCUT2D eigenvalue weighted by atomic mass is 10.0. The highest BCUT2D eigenvalue weighted by molar-refractivity contribution is 14.0. The summed E-state index contributed by atoms with van der Waals surface area (Å²) < 4.78 is 0. The Kier molecular flexibility index (Phi) is 11.4. The van der Waals surface area contributed by atoms with Gasteiger partial charge in [-0.15, -0.1) is 24.0 Å². The number of nitrogens with zero attached hydrogens (tertiary/aromatic N) is 2. The van der Waals surface area contributed by atoms with Crippen LogP contribution >= 0.6 is 24.0 Å². The Balaban J connectivity index is 0.00000312. The highest BCUT2D eigenvalue weighted by Crippen LogP contribution is 2.28. The van der Waals surface area contributed by atoms with E-state index in [1.807, 2.05) is 0 Å². The van der Waals surface area contributed by atoms with Gasteiger partial charge in [-0.1, -0.05) is 13.3 Å². The van der Waals surface area contributed by atoms with Crippen LogP contribution in [0.25, 0.3) is 0 Å². The predicted molar refractivity (Wildman–Crippen MR) is 115 cm³/mol. The molecule has 7 heteroatoms. The first-order valence-electron chi connectivity index (χ1n) is 9.78. The highest BCUT2D eigenvalue weighted by Gasteiger charge is 2.28. The van der Waals surface area contributed by atoms with Crippen molar-refractivity contribution in [2.24, 2.45) is 10.9 Å². The minimum atomic E-state index is 0. The third-order valence-corrected chi connectivity index (χ3v) is 4.89. The van der Waals surface area contributed by atoms with Gasteiger partial charge >= 0.3 is 0 Å². The van der Waals surface area contributed by atoms with Crippen molar-refractivity contribution in [3.05, 3.63) is 0 Å². The second kappa shape index (κ2) is 12.7. The molecule has 0 aromatic heterocycles. The largest absolute Gasteiger partial charge is 0.357 e. The van der Waals surface area contributed by atoms with Crippen molar-refractivity contribution in [2.75, 3.05) is 39.3 Å². The summed E-state index contributed by atoms with van der Waals surface area (Å²) in [5, 5.41) is 9.55. The minimum Gasteiger partial charge on any atom is -0.357 e. The minimum absolute atomic E-state index is 0. The molecule has 1 aliphatic heterocycles. The Labute approximate surface area is 170 Å². The fourth-order valence-electron chi connectivity index (χ4n) is 3.31. The summed E-state index contributed by atoms with van der Waals surface area (Å²) in [5.41, 5.74) is 0. The molecular weight excluding hydrogens is 429 g/mol. The molecule has 2 fully saturated rings. The van der Waals surface area contributed by atoms with Gasteiger partial charge < -0.3 is 16.0 Å². The first-order valence-corrected chi connectivity index (χ1v) is 9.78. The first kappa shape index (κ1) is 22.5. The van der Waals surface area contributed by atoms with Gasteiger partial charge in [-0.25, -0.2) is 0 Å². The summed E-state index contributed by atoms with van der Waals surface area (Å²) in [5.74, 6) is 1.33. The zero-order valence-electron chi connectivity index (χ0n) is 15.9. The zero-order chi connectivity index (χ0) is 17.2. The van der Waals surface area contributed by atoms with E-state index in [0.717, 1.165) is 44.5 Å². The molecule has 0 aromatic rings. The molecule has 6 nitrogen and oxygen atoms in total. The van der Waals surface area contributed by atoms with E-state index in [2.05, 4.69) is 39.7 Å². The average molecular weight is 465 g/mol. The van der Waals surface area contributed by atoms with Crippen LogP contribution in [0.5, 0.6) is 0 Å². The number of guanidine groups is 1. The standard InChI is InChI=1S/C18H35N5O.HI/c1-3-16-7-5-6-13-23(16)14-12-22-18(19-4-2)21-11-10-20-17(24)15-8-9-15;/h15-16H,3-14H2,1-2H3,(H,20,24)(H2,19,21,22);1H. The molecule has 2 aliphatic rings. The molecule has 1 heterocycles. The van der Waals surface area contributed by atoms with Gasteiger partial charge in [0, 0.05) is 38.1 Å². The van der Waals surface area contributed by atoms with Gasteiger partial charge in [-0.3, -0.25) is 14.7 Å². The number of rotatable bonds is 9. The van der Waals surface area contributed by atoms with Gasteiger partial charge in [0.2, 0.25) is 5.91 Å². The van der Waals surface area contributed by atoms with Crippen molar-refractivity contribution in [2.45, 2.75) is 58.4 Å². The van der Waals surface area contributed by atoms with Crippen LogP contribution in [0.3, 0.4) is 0 Å². The van der Waals surface area contributed by atoms with Crippen LogP contribution in [-0.4, -0.2) is 62.1 Å². The maximum absolute atomic E-state index is 11.6. The number of carbonyl (C=O) groups is 1. The summed E-state index contributed by atoms with van der Waals surface area (Å²) in [7, 11) is 0. The van der Waals surface area contributed by atoms with Crippen molar-refractivity contribution in [1.82, 2.24) is 20.9 Å². The summed E-state index contributed by atoms with van der Waals surface area (Å²) in [6, 6.07) is 0.738. The molecule has 1 aliphatic carbocycles. The third kappa shape index (κ3) is 8.57. The van der Waals surface area contributed by atoms with E-state index in [9.17, 15) is 4.79 Å².